The van der Waals surface area contributed by atoms with Gasteiger partial charge >= 0.3 is 0 Å². The SMILES string of the molecule is CCCS(=O)(=O)NCCN(c1c(C)cc(C)cc1C)S(C)(=O)=O. The molecule has 1 aromatic rings. The standard InChI is InChI=1S/C15H26N2O4S2/c1-6-9-23(20,21)16-7-8-17(22(5,18)19)15-13(3)10-12(2)11-14(15)4/h10-11,16H,6-9H2,1-5H3. The van der Waals surface area contributed by atoms with E-state index in [9.17, 15) is 16.8 Å². The van der Waals surface area contributed by atoms with Crippen LogP contribution in [-0.4, -0.2) is 41.9 Å². The minimum Gasteiger partial charge on any atom is -0.269 e. The van der Waals surface area contributed by atoms with Crippen LogP contribution < -0.4 is 9.03 Å². The highest BCUT2D eigenvalue weighted by Gasteiger charge is 2.21. The number of rotatable bonds is 8. The van der Waals surface area contributed by atoms with Gasteiger partial charge in [0.05, 0.1) is 17.7 Å². The Kier molecular flexibility index (Phi) is 6.61. The second-order valence-corrected chi connectivity index (χ2v) is 9.63. The number of hydrogen-bond acceptors (Lipinski definition) is 4. The lowest BCUT2D eigenvalue weighted by molar-refractivity contribution is 0.577. The van der Waals surface area contributed by atoms with E-state index in [2.05, 4.69) is 4.72 Å². The molecule has 0 atom stereocenters. The van der Waals surface area contributed by atoms with Crippen LogP contribution in [0.5, 0.6) is 0 Å². The molecule has 8 heteroatoms. The largest absolute Gasteiger partial charge is 0.269 e. The molecule has 1 N–H and O–H groups in total. The summed E-state index contributed by atoms with van der Waals surface area (Å²) in [5.41, 5.74) is 3.38. The Labute approximate surface area is 140 Å². The molecule has 132 valence electrons. The molecule has 0 heterocycles. The molecular formula is C15H26N2O4S2. The first-order valence-corrected chi connectivity index (χ1v) is 11.0. The Morgan fingerprint density at radius 1 is 1.04 bits per heavy atom. The van der Waals surface area contributed by atoms with Crippen molar-refractivity contribution in [2.45, 2.75) is 34.1 Å². The van der Waals surface area contributed by atoms with Gasteiger partial charge in [0.1, 0.15) is 0 Å². The summed E-state index contributed by atoms with van der Waals surface area (Å²) in [6.07, 6.45) is 1.65. The van der Waals surface area contributed by atoms with E-state index in [0.29, 0.717) is 12.1 Å². The van der Waals surface area contributed by atoms with Gasteiger partial charge in [-0.05, 0) is 38.3 Å². The van der Waals surface area contributed by atoms with Crippen LogP contribution in [0.4, 0.5) is 5.69 Å². The Morgan fingerprint density at radius 2 is 1.57 bits per heavy atom. The summed E-state index contributed by atoms with van der Waals surface area (Å²) in [7, 11) is -6.86. The van der Waals surface area contributed by atoms with Gasteiger partial charge in [0.25, 0.3) is 0 Å². The molecule has 0 unspecified atom stereocenters. The van der Waals surface area contributed by atoms with Gasteiger partial charge in [-0.15, -0.1) is 0 Å². The Bertz CT molecular complexity index is 733. The topological polar surface area (TPSA) is 83.6 Å². The maximum absolute atomic E-state index is 12.2. The predicted octanol–water partition coefficient (Wildman–Crippen LogP) is 1.71. The molecule has 0 saturated carbocycles. The lowest BCUT2D eigenvalue weighted by atomic mass is 10.1. The van der Waals surface area contributed by atoms with Gasteiger partial charge in [-0.2, -0.15) is 0 Å². The summed E-state index contributed by atoms with van der Waals surface area (Å²) >= 11 is 0. The highest BCUT2D eigenvalue weighted by molar-refractivity contribution is 7.92. The summed E-state index contributed by atoms with van der Waals surface area (Å²) in [5, 5.41) is 0. The number of nitrogens with one attached hydrogen (secondary N) is 1. The van der Waals surface area contributed by atoms with Crippen molar-refractivity contribution in [3.05, 3.63) is 28.8 Å². The number of hydrogen-bond donors (Lipinski definition) is 1. The first kappa shape index (κ1) is 19.9. The van der Waals surface area contributed by atoms with Gasteiger partial charge in [0.2, 0.25) is 20.0 Å². The predicted molar refractivity (Wildman–Crippen MR) is 94.9 cm³/mol. The Morgan fingerprint density at radius 3 is 2.00 bits per heavy atom. The molecule has 0 bridgehead atoms. The first-order chi connectivity index (χ1) is 10.5. The molecule has 0 aliphatic heterocycles. The van der Waals surface area contributed by atoms with Crippen molar-refractivity contribution in [1.29, 1.82) is 0 Å². The zero-order chi connectivity index (χ0) is 17.8. The molecule has 1 rings (SSSR count). The molecule has 0 spiro atoms. The van der Waals surface area contributed by atoms with Crippen LogP contribution in [0.2, 0.25) is 0 Å². The lowest BCUT2D eigenvalue weighted by Gasteiger charge is -2.26. The summed E-state index contributed by atoms with van der Waals surface area (Å²) in [5.74, 6) is 0.0362. The van der Waals surface area contributed by atoms with E-state index in [1.54, 1.807) is 6.92 Å². The monoisotopic (exact) mass is 362 g/mol. The van der Waals surface area contributed by atoms with Gasteiger partial charge in [0, 0.05) is 13.1 Å². The molecule has 0 radical (unpaired) electrons. The minimum atomic E-state index is -3.51. The van der Waals surface area contributed by atoms with Crippen molar-refractivity contribution in [3.63, 3.8) is 0 Å². The van der Waals surface area contributed by atoms with Crippen LogP contribution in [0.25, 0.3) is 0 Å². The maximum atomic E-state index is 12.2. The molecule has 23 heavy (non-hydrogen) atoms. The van der Waals surface area contributed by atoms with E-state index in [4.69, 9.17) is 0 Å². The second kappa shape index (κ2) is 7.63. The first-order valence-electron chi connectivity index (χ1n) is 7.51. The summed E-state index contributed by atoms with van der Waals surface area (Å²) in [6, 6.07) is 3.84. The summed E-state index contributed by atoms with van der Waals surface area (Å²) in [4.78, 5) is 0. The fourth-order valence-electron chi connectivity index (χ4n) is 2.65. The highest BCUT2D eigenvalue weighted by atomic mass is 32.2. The Hall–Kier alpha value is -1.12. The molecule has 0 aliphatic rings. The quantitative estimate of drug-likeness (QED) is 0.763. The zero-order valence-electron chi connectivity index (χ0n) is 14.4. The lowest BCUT2D eigenvalue weighted by Crippen LogP contribution is -2.39. The van der Waals surface area contributed by atoms with Gasteiger partial charge in [0.15, 0.2) is 0 Å². The number of anilines is 1. The van der Waals surface area contributed by atoms with Crippen LogP contribution in [0.3, 0.4) is 0 Å². The van der Waals surface area contributed by atoms with Gasteiger partial charge in [-0.3, -0.25) is 4.31 Å². The number of aryl methyl sites for hydroxylation is 3. The van der Waals surface area contributed by atoms with E-state index >= 15 is 0 Å². The minimum absolute atomic E-state index is 0.0362. The average Bonchev–Trinajstić information content (AvgIpc) is 2.34. The molecule has 0 fully saturated rings. The van der Waals surface area contributed by atoms with Crippen molar-refractivity contribution < 1.29 is 16.8 Å². The van der Waals surface area contributed by atoms with Crippen LogP contribution in [0.1, 0.15) is 30.0 Å². The smallest absolute Gasteiger partial charge is 0.232 e. The third kappa shape index (κ3) is 5.78. The molecular weight excluding hydrogens is 336 g/mol. The van der Waals surface area contributed by atoms with Gasteiger partial charge < -0.3 is 0 Å². The highest BCUT2D eigenvalue weighted by Crippen LogP contribution is 2.27. The third-order valence-corrected chi connectivity index (χ3v) is 6.15. The maximum Gasteiger partial charge on any atom is 0.232 e. The average molecular weight is 363 g/mol. The third-order valence-electron chi connectivity index (χ3n) is 3.39. The molecule has 1 aromatic carbocycles. The fourth-order valence-corrected chi connectivity index (χ4v) is 4.78. The van der Waals surface area contributed by atoms with Crippen molar-refractivity contribution in [2.75, 3.05) is 29.4 Å². The van der Waals surface area contributed by atoms with E-state index < -0.39 is 20.0 Å². The molecule has 6 nitrogen and oxygen atoms in total. The second-order valence-electron chi connectivity index (χ2n) is 5.80. The zero-order valence-corrected chi connectivity index (χ0v) is 16.0. The van der Waals surface area contributed by atoms with Crippen molar-refractivity contribution in [3.8, 4) is 0 Å². The van der Waals surface area contributed by atoms with Crippen LogP contribution in [0.15, 0.2) is 12.1 Å². The fraction of sp³-hybridized carbons (Fsp3) is 0.600. The van der Waals surface area contributed by atoms with E-state index in [1.807, 2.05) is 32.9 Å². The van der Waals surface area contributed by atoms with Crippen LogP contribution >= 0.6 is 0 Å². The number of nitrogens with zero attached hydrogens (tertiary/aromatic N) is 1. The Balaban J connectivity index is 3.05. The number of benzene rings is 1. The normalized spacial score (nSPS) is 12.4. The molecule has 0 aliphatic carbocycles. The summed E-state index contributed by atoms with van der Waals surface area (Å²) < 4.78 is 51.4. The summed E-state index contributed by atoms with van der Waals surface area (Å²) in [6.45, 7) is 7.55. The van der Waals surface area contributed by atoms with Gasteiger partial charge in [-0.1, -0.05) is 24.6 Å². The van der Waals surface area contributed by atoms with Crippen molar-refractivity contribution in [1.82, 2.24) is 4.72 Å². The van der Waals surface area contributed by atoms with Gasteiger partial charge in [-0.25, -0.2) is 21.6 Å². The van der Waals surface area contributed by atoms with E-state index in [0.717, 1.165) is 22.9 Å². The van der Waals surface area contributed by atoms with Crippen molar-refractivity contribution >= 4 is 25.7 Å². The number of sulfonamides is 2. The van der Waals surface area contributed by atoms with Crippen LogP contribution in [0, 0.1) is 20.8 Å². The van der Waals surface area contributed by atoms with Crippen molar-refractivity contribution in [2.24, 2.45) is 0 Å². The van der Waals surface area contributed by atoms with Crippen LogP contribution in [-0.2, 0) is 20.0 Å². The molecule has 0 saturated heterocycles. The van der Waals surface area contributed by atoms with E-state index in [-0.39, 0.29) is 18.8 Å². The molecule has 0 aromatic heterocycles. The van der Waals surface area contributed by atoms with E-state index in [1.165, 1.54) is 4.31 Å². The molecule has 0 amide bonds.